The van der Waals surface area contributed by atoms with Crippen LogP contribution in [0.2, 0.25) is 0 Å². The van der Waals surface area contributed by atoms with Crippen molar-refractivity contribution in [3.05, 3.63) is 96.1 Å². The molecule has 0 saturated carbocycles. The molecule has 0 bridgehead atoms. The number of benzene rings is 3. The molecular formula is C23H21NO4. The first-order valence-corrected chi connectivity index (χ1v) is 8.85. The van der Waals surface area contributed by atoms with E-state index < -0.39 is 12.1 Å². The van der Waals surface area contributed by atoms with Crippen molar-refractivity contribution in [2.45, 2.75) is 6.10 Å². The van der Waals surface area contributed by atoms with E-state index in [1.54, 1.807) is 74.8 Å². The lowest BCUT2D eigenvalue weighted by Gasteiger charge is -2.21. The summed E-state index contributed by atoms with van der Waals surface area (Å²) < 4.78 is 11.4. The molecule has 28 heavy (non-hydrogen) atoms. The highest BCUT2D eigenvalue weighted by Gasteiger charge is 2.28. The van der Waals surface area contributed by atoms with Gasteiger partial charge in [0.25, 0.3) is 5.91 Å². The first kappa shape index (κ1) is 19.2. The number of nitrogens with zero attached hydrogens (tertiary/aromatic N) is 1. The zero-order chi connectivity index (χ0) is 19.9. The van der Waals surface area contributed by atoms with E-state index in [0.29, 0.717) is 17.1 Å². The Morgan fingerprint density at radius 3 is 2.00 bits per heavy atom. The standard InChI is InChI=1S/C23H21NO4/c1-24(2)22(25)21(17-11-5-3-6-12-17)28-23(26)19-15-9-10-16-20(19)27-18-13-7-4-8-14-18/h3-16,21H,1-2H3/t21-/m1/s1. The van der Waals surface area contributed by atoms with E-state index in [9.17, 15) is 9.59 Å². The third-order valence-corrected chi connectivity index (χ3v) is 4.07. The summed E-state index contributed by atoms with van der Waals surface area (Å²) in [5.41, 5.74) is 0.856. The molecule has 0 aromatic heterocycles. The Kier molecular flexibility index (Phi) is 6.07. The highest BCUT2D eigenvalue weighted by molar-refractivity contribution is 5.95. The molecule has 0 saturated heterocycles. The fraction of sp³-hybridized carbons (Fsp3) is 0.130. The number of hydrogen-bond acceptors (Lipinski definition) is 4. The molecule has 1 atom stereocenters. The van der Waals surface area contributed by atoms with Gasteiger partial charge in [0.05, 0.1) is 0 Å². The van der Waals surface area contributed by atoms with Crippen LogP contribution in [0.25, 0.3) is 0 Å². The molecule has 0 spiro atoms. The van der Waals surface area contributed by atoms with Gasteiger partial charge in [-0.2, -0.15) is 0 Å². The van der Waals surface area contributed by atoms with E-state index in [1.165, 1.54) is 4.90 Å². The number of likely N-dealkylation sites (N-methyl/N-ethyl adjacent to an activating group) is 1. The van der Waals surface area contributed by atoms with Gasteiger partial charge in [0.2, 0.25) is 6.10 Å². The molecule has 1 amide bonds. The quantitative estimate of drug-likeness (QED) is 0.597. The van der Waals surface area contributed by atoms with E-state index in [-0.39, 0.29) is 11.5 Å². The van der Waals surface area contributed by atoms with Crippen molar-refractivity contribution in [1.29, 1.82) is 0 Å². The Morgan fingerprint density at radius 2 is 1.36 bits per heavy atom. The molecule has 0 aliphatic carbocycles. The lowest BCUT2D eigenvalue weighted by atomic mass is 10.1. The van der Waals surface area contributed by atoms with E-state index in [0.717, 1.165) is 0 Å². The second-order valence-electron chi connectivity index (χ2n) is 6.34. The first-order chi connectivity index (χ1) is 13.6. The molecule has 0 N–H and O–H groups in total. The van der Waals surface area contributed by atoms with E-state index >= 15 is 0 Å². The smallest absolute Gasteiger partial charge is 0.343 e. The molecule has 0 fully saturated rings. The van der Waals surface area contributed by atoms with Gasteiger partial charge in [-0.25, -0.2) is 4.79 Å². The molecule has 3 aromatic carbocycles. The van der Waals surface area contributed by atoms with Gasteiger partial charge in [-0.15, -0.1) is 0 Å². The topological polar surface area (TPSA) is 55.8 Å². The normalized spacial score (nSPS) is 11.4. The summed E-state index contributed by atoms with van der Waals surface area (Å²) >= 11 is 0. The van der Waals surface area contributed by atoms with E-state index in [4.69, 9.17) is 9.47 Å². The number of para-hydroxylation sites is 2. The summed E-state index contributed by atoms with van der Waals surface area (Å²) in [6.07, 6.45) is -1.03. The summed E-state index contributed by atoms with van der Waals surface area (Å²) in [6, 6.07) is 24.9. The minimum atomic E-state index is -1.03. The van der Waals surface area contributed by atoms with E-state index in [1.807, 2.05) is 24.3 Å². The Balaban J connectivity index is 1.87. The number of amides is 1. The second kappa shape index (κ2) is 8.86. The molecule has 5 nitrogen and oxygen atoms in total. The highest BCUT2D eigenvalue weighted by atomic mass is 16.6. The largest absolute Gasteiger partial charge is 0.456 e. The van der Waals surface area contributed by atoms with E-state index in [2.05, 4.69) is 0 Å². The van der Waals surface area contributed by atoms with Crippen molar-refractivity contribution in [3.8, 4) is 11.5 Å². The molecule has 0 unspecified atom stereocenters. The van der Waals surface area contributed by atoms with Gasteiger partial charge in [0.1, 0.15) is 17.1 Å². The Bertz CT molecular complexity index is 939. The molecule has 0 radical (unpaired) electrons. The molecule has 0 aliphatic heterocycles. The van der Waals surface area contributed by atoms with Crippen LogP contribution in [0.4, 0.5) is 0 Å². The van der Waals surface area contributed by atoms with Gasteiger partial charge in [-0.05, 0) is 24.3 Å². The maximum Gasteiger partial charge on any atom is 0.343 e. The molecule has 0 aliphatic rings. The van der Waals surface area contributed by atoms with Crippen molar-refractivity contribution in [3.63, 3.8) is 0 Å². The maximum atomic E-state index is 12.9. The molecule has 3 rings (SSSR count). The molecule has 0 heterocycles. The summed E-state index contributed by atoms with van der Waals surface area (Å²) in [4.78, 5) is 26.9. The van der Waals surface area contributed by atoms with Crippen LogP contribution in [-0.2, 0) is 9.53 Å². The Labute approximate surface area is 164 Å². The third kappa shape index (κ3) is 4.57. The summed E-state index contributed by atoms with van der Waals surface area (Å²) in [7, 11) is 3.25. The van der Waals surface area contributed by atoms with Crippen molar-refractivity contribution >= 4 is 11.9 Å². The lowest BCUT2D eigenvalue weighted by Crippen LogP contribution is -2.31. The van der Waals surface area contributed by atoms with Gasteiger partial charge in [0.15, 0.2) is 0 Å². The summed E-state index contributed by atoms with van der Waals surface area (Å²) in [5.74, 6) is 0.0196. The third-order valence-electron chi connectivity index (χ3n) is 4.07. The number of esters is 1. The second-order valence-corrected chi connectivity index (χ2v) is 6.34. The number of hydrogen-bond donors (Lipinski definition) is 0. The van der Waals surface area contributed by atoms with Crippen molar-refractivity contribution < 1.29 is 19.1 Å². The van der Waals surface area contributed by atoms with Gasteiger partial charge in [0, 0.05) is 19.7 Å². The summed E-state index contributed by atoms with van der Waals surface area (Å²) in [6.45, 7) is 0. The average Bonchev–Trinajstić information content (AvgIpc) is 2.73. The van der Waals surface area contributed by atoms with Gasteiger partial charge in [-0.3, -0.25) is 4.79 Å². The monoisotopic (exact) mass is 375 g/mol. The Morgan fingerprint density at radius 1 is 0.786 bits per heavy atom. The molecule has 5 heteroatoms. The highest BCUT2D eigenvalue weighted by Crippen LogP contribution is 2.28. The zero-order valence-electron chi connectivity index (χ0n) is 15.7. The van der Waals surface area contributed by atoms with Crippen LogP contribution in [0.15, 0.2) is 84.9 Å². The van der Waals surface area contributed by atoms with Gasteiger partial charge < -0.3 is 14.4 Å². The molecule has 142 valence electrons. The van der Waals surface area contributed by atoms with Crippen LogP contribution < -0.4 is 4.74 Å². The number of carbonyl (C=O) groups excluding carboxylic acids is 2. The maximum absolute atomic E-state index is 12.9. The van der Waals surface area contributed by atoms with Gasteiger partial charge in [-0.1, -0.05) is 60.7 Å². The van der Waals surface area contributed by atoms with Crippen molar-refractivity contribution in [2.75, 3.05) is 14.1 Å². The number of rotatable bonds is 6. The SMILES string of the molecule is CN(C)C(=O)[C@H](OC(=O)c1ccccc1Oc1ccccc1)c1ccccc1. The van der Waals surface area contributed by atoms with Crippen LogP contribution in [0.1, 0.15) is 22.0 Å². The molecule has 3 aromatic rings. The number of carbonyl (C=O) groups is 2. The van der Waals surface area contributed by atoms with Crippen molar-refractivity contribution in [1.82, 2.24) is 4.90 Å². The minimum absolute atomic E-state index is 0.249. The minimum Gasteiger partial charge on any atom is -0.456 e. The van der Waals surface area contributed by atoms with Gasteiger partial charge >= 0.3 is 5.97 Å². The number of ether oxygens (including phenoxy) is 2. The van der Waals surface area contributed by atoms with Crippen LogP contribution >= 0.6 is 0 Å². The fourth-order valence-corrected chi connectivity index (χ4v) is 2.63. The van der Waals surface area contributed by atoms with Crippen molar-refractivity contribution in [2.24, 2.45) is 0 Å². The van der Waals surface area contributed by atoms with Crippen LogP contribution in [-0.4, -0.2) is 30.9 Å². The fourth-order valence-electron chi connectivity index (χ4n) is 2.63. The Hall–Kier alpha value is -3.60. The van der Waals surface area contributed by atoms with Crippen LogP contribution in [0, 0.1) is 0 Å². The first-order valence-electron chi connectivity index (χ1n) is 8.85. The predicted octanol–water partition coefficient (Wildman–Crippen LogP) is 4.47. The average molecular weight is 375 g/mol. The van der Waals surface area contributed by atoms with Crippen LogP contribution in [0.5, 0.6) is 11.5 Å². The zero-order valence-corrected chi connectivity index (χ0v) is 15.7. The molecular weight excluding hydrogens is 354 g/mol. The lowest BCUT2D eigenvalue weighted by molar-refractivity contribution is -0.138. The van der Waals surface area contributed by atoms with Crippen LogP contribution in [0.3, 0.4) is 0 Å². The summed E-state index contributed by atoms with van der Waals surface area (Å²) in [5, 5.41) is 0. The predicted molar refractivity (Wildman–Crippen MR) is 106 cm³/mol.